The first-order valence-corrected chi connectivity index (χ1v) is 10.6. The molecular weight excluding hydrogens is 428 g/mol. The highest BCUT2D eigenvalue weighted by Gasteiger charge is 2.16. The Bertz CT molecular complexity index is 1050. The highest BCUT2D eigenvalue weighted by Crippen LogP contribution is 2.20. The molecule has 0 atom stereocenters. The minimum atomic E-state index is 0.346. The van der Waals surface area contributed by atoms with Crippen LogP contribution in [0.25, 0.3) is 0 Å². The molecule has 1 aliphatic rings. The minimum absolute atomic E-state index is 0.346. The van der Waals surface area contributed by atoms with Gasteiger partial charge >= 0.3 is 0 Å². The number of aromatic nitrogens is 3. The molecule has 0 radical (unpaired) electrons. The maximum absolute atomic E-state index is 5.98. The highest BCUT2D eigenvalue weighted by molar-refractivity contribution is 6.30. The molecule has 2 N–H and O–H groups in total. The van der Waals surface area contributed by atoms with Gasteiger partial charge < -0.3 is 19.9 Å². The molecule has 1 aromatic heterocycles. The summed E-state index contributed by atoms with van der Waals surface area (Å²) in [5.41, 5.74) is 5.83. The first-order valence-electron chi connectivity index (χ1n) is 10.2. The normalized spacial score (nSPS) is 13.9. The lowest BCUT2D eigenvalue weighted by Gasteiger charge is -2.27. The fraction of sp³-hybridized carbons (Fsp3) is 0.273. The Morgan fingerprint density at radius 2 is 1.66 bits per heavy atom. The number of hydrogen-bond donors (Lipinski definition) is 2. The SMILES string of the molecule is CN(C)c1ccc(C=NNc2nc(Nc3ccc(Cl)cc3)nc(N3CCOCC3)n2)cc1. The predicted molar refractivity (Wildman–Crippen MR) is 130 cm³/mol. The van der Waals surface area contributed by atoms with Crippen LogP contribution in [0.1, 0.15) is 5.56 Å². The molecule has 0 unspecified atom stereocenters. The zero-order chi connectivity index (χ0) is 22.3. The third-order valence-electron chi connectivity index (χ3n) is 4.81. The number of hydrogen-bond acceptors (Lipinski definition) is 9. The zero-order valence-electron chi connectivity index (χ0n) is 18.0. The Morgan fingerprint density at radius 3 is 2.34 bits per heavy atom. The number of nitrogens with one attached hydrogen (secondary N) is 2. The molecule has 32 heavy (non-hydrogen) atoms. The van der Waals surface area contributed by atoms with Crippen molar-refractivity contribution in [3.05, 3.63) is 59.1 Å². The molecule has 3 aromatic rings. The predicted octanol–water partition coefficient (Wildman–Crippen LogP) is 3.62. The van der Waals surface area contributed by atoms with Gasteiger partial charge in [0.05, 0.1) is 19.4 Å². The molecule has 0 amide bonds. The lowest BCUT2D eigenvalue weighted by molar-refractivity contribution is 0.122. The number of nitrogens with zero attached hydrogens (tertiary/aromatic N) is 6. The van der Waals surface area contributed by atoms with Crippen LogP contribution in [0.2, 0.25) is 5.02 Å². The Balaban J connectivity index is 1.53. The van der Waals surface area contributed by atoms with E-state index in [1.807, 2.05) is 55.4 Å². The van der Waals surface area contributed by atoms with Gasteiger partial charge in [0.25, 0.3) is 0 Å². The van der Waals surface area contributed by atoms with Crippen molar-refractivity contribution in [2.75, 3.05) is 60.9 Å². The molecule has 1 saturated heterocycles. The van der Waals surface area contributed by atoms with Crippen LogP contribution in [0.15, 0.2) is 53.6 Å². The average molecular weight is 453 g/mol. The largest absolute Gasteiger partial charge is 0.378 e. The van der Waals surface area contributed by atoms with E-state index in [2.05, 4.69) is 35.7 Å². The lowest BCUT2D eigenvalue weighted by atomic mass is 10.2. The summed E-state index contributed by atoms with van der Waals surface area (Å²) in [6, 6.07) is 15.4. The molecule has 9 nitrogen and oxygen atoms in total. The number of anilines is 5. The Morgan fingerprint density at radius 1 is 0.969 bits per heavy atom. The first kappa shape index (κ1) is 21.8. The lowest BCUT2D eigenvalue weighted by Crippen LogP contribution is -2.37. The Kier molecular flexibility index (Phi) is 6.98. The van der Waals surface area contributed by atoms with E-state index in [-0.39, 0.29) is 0 Å². The topological polar surface area (TPSA) is 90.8 Å². The van der Waals surface area contributed by atoms with Gasteiger partial charge in [-0.05, 0) is 42.0 Å². The van der Waals surface area contributed by atoms with Crippen molar-refractivity contribution >= 4 is 47.0 Å². The molecule has 0 bridgehead atoms. The number of benzene rings is 2. The minimum Gasteiger partial charge on any atom is -0.378 e. The number of morpholine rings is 1. The third-order valence-corrected chi connectivity index (χ3v) is 5.06. The summed E-state index contributed by atoms with van der Waals surface area (Å²) in [4.78, 5) is 17.7. The Labute approximate surface area is 192 Å². The van der Waals surface area contributed by atoms with Crippen molar-refractivity contribution in [1.29, 1.82) is 0 Å². The summed E-state index contributed by atoms with van der Waals surface area (Å²) in [7, 11) is 4.01. The molecule has 4 rings (SSSR count). The molecule has 0 aliphatic carbocycles. The molecule has 0 saturated carbocycles. The summed E-state index contributed by atoms with van der Waals surface area (Å²) >= 11 is 5.98. The van der Waals surface area contributed by atoms with Gasteiger partial charge in [-0.15, -0.1) is 0 Å². The quantitative estimate of drug-likeness (QED) is 0.415. The summed E-state index contributed by atoms with van der Waals surface area (Å²) in [6.45, 7) is 2.70. The fourth-order valence-corrected chi connectivity index (χ4v) is 3.19. The van der Waals surface area contributed by atoms with Crippen LogP contribution in [0, 0.1) is 0 Å². The number of halogens is 1. The van der Waals surface area contributed by atoms with Crippen LogP contribution in [-0.4, -0.2) is 61.6 Å². The molecular formula is C22H25ClN8O. The number of rotatable bonds is 7. The van der Waals surface area contributed by atoms with Gasteiger partial charge in [0.15, 0.2) is 0 Å². The summed E-state index contributed by atoms with van der Waals surface area (Å²) in [5, 5.41) is 8.17. The fourth-order valence-electron chi connectivity index (χ4n) is 3.06. The molecule has 166 valence electrons. The molecule has 2 heterocycles. The maximum atomic E-state index is 5.98. The van der Waals surface area contributed by atoms with Gasteiger partial charge in [-0.2, -0.15) is 20.1 Å². The average Bonchev–Trinajstić information content (AvgIpc) is 2.81. The van der Waals surface area contributed by atoms with Crippen molar-refractivity contribution in [2.45, 2.75) is 0 Å². The molecule has 1 aliphatic heterocycles. The van der Waals surface area contributed by atoms with E-state index >= 15 is 0 Å². The maximum Gasteiger partial charge on any atom is 0.250 e. The standard InChI is InChI=1S/C22H25ClN8O/c1-30(2)19-9-3-16(4-10-19)15-24-29-21-26-20(25-18-7-5-17(23)6-8-18)27-22(28-21)31-11-13-32-14-12-31/h3-10,15H,11-14H2,1-2H3,(H2,25,26,27,28,29). The van der Waals surface area contributed by atoms with Gasteiger partial charge in [-0.25, -0.2) is 5.43 Å². The zero-order valence-corrected chi connectivity index (χ0v) is 18.8. The van der Waals surface area contributed by atoms with Crippen LogP contribution < -0.4 is 20.5 Å². The third kappa shape index (κ3) is 5.83. The summed E-state index contributed by atoms with van der Waals surface area (Å²) in [5.74, 6) is 1.32. The van der Waals surface area contributed by atoms with Gasteiger partial charge in [-0.3, -0.25) is 0 Å². The summed E-state index contributed by atoms with van der Waals surface area (Å²) in [6.07, 6.45) is 1.73. The van der Waals surface area contributed by atoms with Gasteiger partial charge in [-0.1, -0.05) is 23.7 Å². The van der Waals surface area contributed by atoms with E-state index < -0.39 is 0 Å². The van der Waals surface area contributed by atoms with E-state index in [4.69, 9.17) is 16.3 Å². The second kappa shape index (κ2) is 10.3. The number of hydrazone groups is 1. The highest BCUT2D eigenvalue weighted by atomic mass is 35.5. The van der Waals surface area contributed by atoms with E-state index in [0.717, 1.165) is 16.9 Å². The number of ether oxygens (including phenoxy) is 1. The van der Waals surface area contributed by atoms with Gasteiger partial charge in [0.1, 0.15) is 0 Å². The second-order valence-electron chi connectivity index (χ2n) is 7.37. The van der Waals surface area contributed by atoms with Crippen molar-refractivity contribution < 1.29 is 4.74 Å². The summed E-state index contributed by atoms with van der Waals surface area (Å²) < 4.78 is 5.44. The van der Waals surface area contributed by atoms with E-state index in [0.29, 0.717) is 49.2 Å². The van der Waals surface area contributed by atoms with Crippen LogP contribution in [0.5, 0.6) is 0 Å². The second-order valence-corrected chi connectivity index (χ2v) is 7.81. The van der Waals surface area contributed by atoms with Crippen LogP contribution in [-0.2, 0) is 4.74 Å². The molecule has 10 heteroatoms. The van der Waals surface area contributed by atoms with Crippen LogP contribution >= 0.6 is 11.6 Å². The van der Waals surface area contributed by atoms with Crippen molar-refractivity contribution in [1.82, 2.24) is 15.0 Å². The first-order chi connectivity index (χ1) is 15.6. The molecule has 2 aromatic carbocycles. The van der Waals surface area contributed by atoms with E-state index in [1.54, 1.807) is 18.3 Å². The van der Waals surface area contributed by atoms with Gasteiger partial charge in [0.2, 0.25) is 17.8 Å². The van der Waals surface area contributed by atoms with Gasteiger partial charge in [0, 0.05) is 43.6 Å². The van der Waals surface area contributed by atoms with Crippen LogP contribution in [0.4, 0.5) is 29.2 Å². The van der Waals surface area contributed by atoms with Crippen LogP contribution in [0.3, 0.4) is 0 Å². The molecule has 1 fully saturated rings. The van der Waals surface area contributed by atoms with E-state index in [9.17, 15) is 0 Å². The van der Waals surface area contributed by atoms with Crippen molar-refractivity contribution in [2.24, 2.45) is 5.10 Å². The Hall–Kier alpha value is -3.43. The smallest absolute Gasteiger partial charge is 0.250 e. The van der Waals surface area contributed by atoms with Crippen molar-refractivity contribution in [3.8, 4) is 0 Å². The van der Waals surface area contributed by atoms with E-state index in [1.165, 1.54) is 0 Å². The monoisotopic (exact) mass is 452 g/mol. The van der Waals surface area contributed by atoms with Crippen molar-refractivity contribution in [3.63, 3.8) is 0 Å². The molecule has 0 spiro atoms.